The predicted molar refractivity (Wildman–Crippen MR) is 121 cm³/mol. The van der Waals surface area contributed by atoms with Crippen LogP contribution in [0, 0.1) is 19.7 Å². The number of carbonyl (C=O) groups is 1. The van der Waals surface area contributed by atoms with E-state index in [0.717, 1.165) is 33.3 Å². The number of aromatic nitrogens is 1. The Labute approximate surface area is 194 Å². The van der Waals surface area contributed by atoms with Crippen LogP contribution < -0.4 is 10.6 Å². The predicted octanol–water partition coefficient (Wildman–Crippen LogP) is 5.52. The highest BCUT2D eigenvalue weighted by Gasteiger charge is 2.31. The summed E-state index contributed by atoms with van der Waals surface area (Å²) in [6, 6.07) is 10.2. The van der Waals surface area contributed by atoms with Crippen LogP contribution in [0.2, 0.25) is 0 Å². The molecule has 176 valence electrons. The molecule has 1 heterocycles. The van der Waals surface area contributed by atoms with E-state index >= 15 is 0 Å². The molecule has 4 nitrogen and oxygen atoms in total. The molecule has 9 heteroatoms. The van der Waals surface area contributed by atoms with Crippen LogP contribution in [0.3, 0.4) is 0 Å². The first-order valence-corrected chi connectivity index (χ1v) is 11.2. The third-order valence-electron chi connectivity index (χ3n) is 5.39. The Balaban J connectivity index is 1.83. The van der Waals surface area contributed by atoms with E-state index in [0.29, 0.717) is 18.5 Å². The van der Waals surface area contributed by atoms with E-state index in [1.54, 1.807) is 12.1 Å². The molecule has 0 bridgehead atoms. The topological polar surface area (TPSA) is 54.0 Å². The lowest BCUT2D eigenvalue weighted by molar-refractivity contribution is -0.137. The van der Waals surface area contributed by atoms with Crippen LogP contribution in [0.25, 0.3) is 0 Å². The maximum atomic E-state index is 13.3. The minimum atomic E-state index is -4.40. The van der Waals surface area contributed by atoms with Gasteiger partial charge in [-0.05, 0) is 62.2 Å². The van der Waals surface area contributed by atoms with Gasteiger partial charge in [-0.2, -0.15) is 13.2 Å². The Morgan fingerprint density at radius 3 is 2.15 bits per heavy atom. The third kappa shape index (κ3) is 6.17. The third-order valence-corrected chi connectivity index (χ3v) is 6.58. The van der Waals surface area contributed by atoms with Crippen LogP contribution in [-0.4, -0.2) is 24.5 Å². The maximum Gasteiger partial charge on any atom is 0.416 e. The Bertz CT molecular complexity index is 1080. The van der Waals surface area contributed by atoms with Crippen molar-refractivity contribution in [3.8, 4) is 0 Å². The Hall–Kier alpha value is -2.78. The second kappa shape index (κ2) is 10.4. The van der Waals surface area contributed by atoms with Crippen LogP contribution >= 0.6 is 11.3 Å². The zero-order chi connectivity index (χ0) is 24.2. The highest BCUT2D eigenvalue weighted by Crippen LogP contribution is 2.36. The van der Waals surface area contributed by atoms with Crippen molar-refractivity contribution < 1.29 is 22.4 Å². The molecule has 0 radical (unpaired) electrons. The summed E-state index contributed by atoms with van der Waals surface area (Å²) >= 11 is 1.51. The van der Waals surface area contributed by atoms with Gasteiger partial charge in [-0.15, -0.1) is 11.3 Å². The number of alkyl halides is 3. The summed E-state index contributed by atoms with van der Waals surface area (Å²) in [6.45, 7) is 4.17. The summed E-state index contributed by atoms with van der Waals surface area (Å²) < 4.78 is 52.4. The number of carbonyl (C=O) groups excluding carboxylic acids is 1. The summed E-state index contributed by atoms with van der Waals surface area (Å²) in [5, 5.41) is 6.69. The van der Waals surface area contributed by atoms with Gasteiger partial charge in [0.05, 0.1) is 16.3 Å². The summed E-state index contributed by atoms with van der Waals surface area (Å²) in [6.07, 6.45) is -3.87. The van der Waals surface area contributed by atoms with E-state index < -0.39 is 23.6 Å². The number of rotatable bonds is 8. The van der Waals surface area contributed by atoms with E-state index in [4.69, 9.17) is 0 Å². The molecule has 0 saturated carbocycles. The number of likely N-dealkylation sites (N-methyl/N-ethyl adjacent to an activating group) is 1. The van der Waals surface area contributed by atoms with Gasteiger partial charge in [-0.1, -0.05) is 24.3 Å². The number of benzene rings is 2. The van der Waals surface area contributed by atoms with Crippen molar-refractivity contribution in [2.24, 2.45) is 0 Å². The van der Waals surface area contributed by atoms with Gasteiger partial charge in [0.2, 0.25) is 5.91 Å². The first-order valence-electron chi connectivity index (χ1n) is 10.4. The van der Waals surface area contributed by atoms with E-state index in [1.165, 1.54) is 42.6 Å². The van der Waals surface area contributed by atoms with Gasteiger partial charge in [-0.3, -0.25) is 4.79 Å². The van der Waals surface area contributed by atoms with E-state index in [9.17, 15) is 22.4 Å². The number of aryl methyl sites for hydroxylation is 2. The van der Waals surface area contributed by atoms with E-state index in [2.05, 4.69) is 15.6 Å². The molecule has 0 aliphatic carbocycles. The minimum absolute atomic E-state index is 0.190. The van der Waals surface area contributed by atoms with Crippen molar-refractivity contribution in [1.29, 1.82) is 0 Å². The number of hydrogen-bond donors (Lipinski definition) is 2. The monoisotopic (exact) mass is 479 g/mol. The van der Waals surface area contributed by atoms with E-state index in [1.807, 2.05) is 13.8 Å². The summed E-state index contributed by atoms with van der Waals surface area (Å²) in [5.74, 6) is -0.852. The van der Waals surface area contributed by atoms with Gasteiger partial charge < -0.3 is 10.6 Å². The van der Waals surface area contributed by atoms with Crippen LogP contribution in [0.4, 0.5) is 17.6 Å². The van der Waals surface area contributed by atoms with Crippen LogP contribution in [0.15, 0.2) is 48.5 Å². The molecular weight excluding hydrogens is 454 g/mol. The Morgan fingerprint density at radius 1 is 1.03 bits per heavy atom. The molecule has 2 atom stereocenters. The van der Waals surface area contributed by atoms with Gasteiger partial charge in [-0.25, -0.2) is 9.37 Å². The smallest absolute Gasteiger partial charge is 0.358 e. The first kappa shape index (κ1) is 24.9. The number of nitrogens with one attached hydrogen (secondary N) is 2. The van der Waals surface area contributed by atoms with Crippen LogP contribution in [0.5, 0.6) is 0 Å². The number of amides is 1. The molecule has 0 unspecified atom stereocenters. The highest BCUT2D eigenvalue weighted by molar-refractivity contribution is 7.11. The molecule has 0 aliphatic heterocycles. The lowest BCUT2D eigenvalue weighted by atomic mass is 9.92. The molecule has 1 amide bonds. The van der Waals surface area contributed by atoms with Gasteiger partial charge in [0, 0.05) is 17.8 Å². The largest absolute Gasteiger partial charge is 0.416 e. The second-order valence-electron chi connectivity index (χ2n) is 7.70. The molecule has 2 N–H and O–H groups in total. The van der Waals surface area contributed by atoms with Crippen molar-refractivity contribution in [2.45, 2.75) is 38.4 Å². The normalized spacial score (nSPS) is 13.5. The molecule has 0 aliphatic rings. The zero-order valence-electron chi connectivity index (χ0n) is 18.5. The zero-order valence-corrected chi connectivity index (χ0v) is 19.3. The highest BCUT2D eigenvalue weighted by atomic mass is 32.1. The molecule has 3 rings (SSSR count). The number of nitrogens with zero attached hydrogens (tertiary/aromatic N) is 1. The molecule has 2 aromatic carbocycles. The van der Waals surface area contributed by atoms with Crippen molar-refractivity contribution in [3.63, 3.8) is 0 Å². The second-order valence-corrected chi connectivity index (χ2v) is 8.93. The van der Waals surface area contributed by atoms with Crippen LogP contribution in [0.1, 0.15) is 50.6 Å². The first-order chi connectivity index (χ1) is 15.6. The van der Waals surface area contributed by atoms with Gasteiger partial charge in [0.1, 0.15) is 11.9 Å². The fraction of sp³-hybridized carbons (Fsp3) is 0.333. The maximum absolute atomic E-state index is 13.3. The van der Waals surface area contributed by atoms with E-state index in [-0.39, 0.29) is 11.8 Å². The van der Waals surface area contributed by atoms with Crippen molar-refractivity contribution >= 4 is 17.2 Å². The summed E-state index contributed by atoms with van der Waals surface area (Å²) in [4.78, 5) is 17.9. The molecule has 33 heavy (non-hydrogen) atoms. The fourth-order valence-corrected chi connectivity index (χ4v) is 4.85. The van der Waals surface area contributed by atoms with Crippen molar-refractivity contribution in [2.75, 3.05) is 13.6 Å². The molecule has 0 spiro atoms. The number of thiazole rings is 1. The number of hydrogen-bond acceptors (Lipinski definition) is 4. The quantitative estimate of drug-likeness (QED) is 0.419. The van der Waals surface area contributed by atoms with Gasteiger partial charge in [0.15, 0.2) is 0 Å². The van der Waals surface area contributed by atoms with Crippen LogP contribution in [-0.2, 0) is 11.0 Å². The molecule has 0 saturated heterocycles. The fourth-order valence-electron chi connectivity index (χ4n) is 3.76. The standard InChI is InChI=1S/C24H25F4N3OS/c1-14-22(33-15(2)31-14)20(16-4-8-18(9-5-16)24(26,27)28)12-13-30-21(23(32)29-3)17-6-10-19(25)11-7-17/h4-11,20-21,30H,12-13H2,1-3H3,(H,29,32)/t20-,21-/m1/s1. The average Bonchev–Trinajstić information content (AvgIpc) is 3.11. The van der Waals surface area contributed by atoms with Gasteiger partial charge in [0.25, 0.3) is 0 Å². The Morgan fingerprint density at radius 2 is 1.64 bits per heavy atom. The van der Waals surface area contributed by atoms with Crippen molar-refractivity contribution in [1.82, 2.24) is 15.6 Å². The number of halogens is 4. The SMILES string of the molecule is CNC(=O)[C@H](NCC[C@H](c1ccc(C(F)(F)F)cc1)c1sc(C)nc1C)c1ccc(F)cc1. The van der Waals surface area contributed by atoms with Gasteiger partial charge >= 0.3 is 6.18 Å². The minimum Gasteiger partial charge on any atom is -0.358 e. The lowest BCUT2D eigenvalue weighted by Gasteiger charge is -2.21. The van der Waals surface area contributed by atoms with Crippen molar-refractivity contribution in [3.05, 3.63) is 86.6 Å². The molecular formula is C24H25F4N3OS. The Kier molecular flexibility index (Phi) is 7.86. The average molecular weight is 480 g/mol. The molecule has 0 fully saturated rings. The molecule has 1 aromatic heterocycles. The molecule has 3 aromatic rings. The lowest BCUT2D eigenvalue weighted by Crippen LogP contribution is -2.36. The summed E-state index contributed by atoms with van der Waals surface area (Å²) in [7, 11) is 1.52. The summed E-state index contributed by atoms with van der Waals surface area (Å²) in [5.41, 5.74) is 1.50.